The third kappa shape index (κ3) is 6.81. The predicted octanol–water partition coefficient (Wildman–Crippen LogP) is 1.77. The molecule has 0 unspecified atom stereocenters. The molecule has 0 aliphatic carbocycles. The lowest BCUT2D eigenvalue weighted by atomic mass is 10.1. The number of oxime groups is 1. The Balaban J connectivity index is 2.04. The number of aromatic nitrogens is 1. The minimum absolute atomic E-state index is 0.124. The number of carbonyl (C=O) groups is 3. The average molecular weight is 496 g/mol. The van der Waals surface area contributed by atoms with Crippen molar-refractivity contribution in [3.63, 3.8) is 0 Å². The van der Waals surface area contributed by atoms with Crippen molar-refractivity contribution in [2.75, 3.05) is 24.1 Å². The molecule has 1 aromatic rings. The Morgan fingerprint density at radius 1 is 1.52 bits per heavy atom. The van der Waals surface area contributed by atoms with Crippen LogP contribution in [0.5, 0.6) is 0 Å². The highest BCUT2D eigenvalue weighted by Crippen LogP contribution is 2.27. The van der Waals surface area contributed by atoms with E-state index in [-0.39, 0.29) is 33.7 Å². The fourth-order valence-electron chi connectivity index (χ4n) is 2.01. The van der Waals surface area contributed by atoms with Crippen LogP contribution in [-0.2, 0) is 19.2 Å². The minimum Gasteiger partial charge on any atom is -0.398 e. The number of thioether (sulfide) groups is 2. The summed E-state index contributed by atoms with van der Waals surface area (Å²) in [4.78, 5) is 44.8. The fourth-order valence-corrected chi connectivity index (χ4v) is 5.27. The number of nitrogens with zero attached hydrogens (tertiary/aromatic N) is 2. The normalized spacial score (nSPS) is 18.4. The third-order valence-electron chi connectivity index (χ3n) is 3.32. The maximum Gasteiger partial charge on any atom is 0.276 e. The Kier molecular flexibility index (Phi) is 9.62. The number of β-lactam (4-membered cyclic amide) rings is 1. The first-order chi connectivity index (χ1) is 13.9. The molecule has 9 nitrogen and oxygen atoms in total. The number of rotatable bonds is 9. The monoisotopic (exact) mass is 495 g/mol. The van der Waals surface area contributed by atoms with Gasteiger partial charge in [0.1, 0.15) is 33.6 Å². The topological polar surface area (TPSA) is 122 Å². The van der Waals surface area contributed by atoms with Crippen LogP contribution in [0.25, 0.3) is 0 Å². The molecule has 0 saturated carbocycles. The molecule has 1 fully saturated rings. The van der Waals surface area contributed by atoms with Crippen LogP contribution in [0.1, 0.15) is 19.0 Å². The van der Waals surface area contributed by atoms with Crippen LogP contribution < -0.4 is 16.0 Å². The molecule has 3 N–H and O–H groups in total. The fraction of sp³-hybridized carbons (Fsp3) is 0.467. The zero-order valence-corrected chi connectivity index (χ0v) is 19.4. The maximum atomic E-state index is 12.7. The molecule has 0 radical (unpaired) electrons. The maximum absolute atomic E-state index is 12.7. The Labute approximate surface area is 190 Å². The number of hydrogen-bond donors (Lipinski definition) is 3. The molecule has 1 aromatic heterocycles. The quantitative estimate of drug-likeness (QED) is 0.156. The third-order valence-corrected chi connectivity index (χ3v) is 7.29. The van der Waals surface area contributed by atoms with Crippen LogP contribution in [0, 0.1) is 0 Å². The van der Waals surface area contributed by atoms with Gasteiger partial charge < -0.3 is 20.8 Å². The van der Waals surface area contributed by atoms with Crippen molar-refractivity contribution in [3.05, 3.63) is 11.1 Å². The molecule has 158 valence electrons. The number of thiocarbonyl (C=S) groups is 1. The second-order valence-electron chi connectivity index (χ2n) is 5.44. The average Bonchev–Trinajstić information content (AvgIpc) is 3.15. The summed E-state index contributed by atoms with van der Waals surface area (Å²) in [6.07, 6.45) is 0.986. The van der Waals surface area contributed by atoms with Crippen molar-refractivity contribution in [2.45, 2.75) is 24.8 Å². The predicted molar refractivity (Wildman–Crippen MR) is 122 cm³/mol. The summed E-state index contributed by atoms with van der Waals surface area (Å²) < 4.78 is 0.695. The van der Waals surface area contributed by atoms with Gasteiger partial charge >= 0.3 is 0 Å². The van der Waals surface area contributed by atoms with Gasteiger partial charge in [-0.3, -0.25) is 14.4 Å². The molecule has 1 aliphatic rings. The lowest BCUT2D eigenvalue weighted by Gasteiger charge is -2.36. The van der Waals surface area contributed by atoms with Crippen LogP contribution in [0.3, 0.4) is 0 Å². The van der Waals surface area contributed by atoms with E-state index in [9.17, 15) is 14.4 Å². The molecule has 0 spiro atoms. The number of alkyl halides is 1. The first kappa shape index (κ1) is 23.9. The van der Waals surface area contributed by atoms with Crippen LogP contribution in [0.15, 0.2) is 10.5 Å². The van der Waals surface area contributed by atoms with E-state index >= 15 is 0 Å². The van der Waals surface area contributed by atoms with E-state index in [2.05, 4.69) is 33.0 Å². The second kappa shape index (κ2) is 11.7. The van der Waals surface area contributed by atoms with Gasteiger partial charge in [-0.25, -0.2) is 4.98 Å². The molecule has 1 aliphatic heterocycles. The van der Waals surface area contributed by atoms with Crippen molar-refractivity contribution in [1.29, 1.82) is 0 Å². The number of anilines is 1. The van der Waals surface area contributed by atoms with E-state index in [0.29, 0.717) is 3.53 Å². The number of thiazole rings is 1. The van der Waals surface area contributed by atoms with Crippen molar-refractivity contribution < 1.29 is 19.2 Å². The Morgan fingerprint density at radius 3 is 2.90 bits per heavy atom. The van der Waals surface area contributed by atoms with Gasteiger partial charge in [0.15, 0.2) is 10.8 Å². The molecular weight excluding hydrogens is 478 g/mol. The van der Waals surface area contributed by atoms with Crippen molar-refractivity contribution in [2.24, 2.45) is 5.16 Å². The van der Waals surface area contributed by atoms with Crippen molar-refractivity contribution in [3.8, 4) is 0 Å². The molecule has 2 heterocycles. The summed E-state index contributed by atoms with van der Waals surface area (Å²) >= 11 is 14.7. The van der Waals surface area contributed by atoms with E-state index in [1.807, 2.05) is 0 Å². The van der Waals surface area contributed by atoms with Crippen molar-refractivity contribution >= 4 is 90.8 Å². The summed E-state index contributed by atoms with van der Waals surface area (Å²) in [6, 6.07) is -0.760. The van der Waals surface area contributed by atoms with Gasteiger partial charge in [0, 0.05) is 5.38 Å². The van der Waals surface area contributed by atoms with Gasteiger partial charge in [-0.1, -0.05) is 36.1 Å². The SMILES string of the molecule is CCCSC(=S)S[C@@H]1NC(=O)[C@H]1NC(=O)/C(=N\OC)c1csc(NC(=O)CCl)n1. The molecule has 0 bridgehead atoms. The summed E-state index contributed by atoms with van der Waals surface area (Å²) in [6.45, 7) is 2.05. The van der Waals surface area contributed by atoms with Gasteiger partial charge in [0.25, 0.3) is 5.91 Å². The number of amides is 3. The van der Waals surface area contributed by atoms with Crippen LogP contribution in [0.4, 0.5) is 5.13 Å². The summed E-state index contributed by atoms with van der Waals surface area (Å²) in [7, 11) is 1.29. The molecule has 29 heavy (non-hydrogen) atoms. The Bertz CT molecular complexity index is 818. The van der Waals surface area contributed by atoms with Crippen molar-refractivity contribution in [1.82, 2.24) is 15.6 Å². The van der Waals surface area contributed by atoms with Gasteiger partial charge in [0.05, 0.1) is 0 Å². The summed E-state index contributed by atoms with van der Waals surface area (Å²) in [5.74, 6) is -0.706. The Hall–Kier alpha value is -1.41. The van der Waals surface area contributed by atoms with Crippen LogP contribution in [-0.4, -0.2) is 62.1 Å². The Morgan fingerprint density at radius 2 is 2.28 bits per heavy atom. The van der Waals surface area contributed by atoms with Crippen LogP contribution >= 0.6 is 58.7 Å². The number of halogens is 1. The van der Waals surface area contributed by atoms with E-state index in [0.717, 1.165) is 23.5 Å². The highest BCUT2D eigenvalue weighted by molar-refractivity contribution is 8.47. The van der Waals surface area contributed by atoms with Gasteiger partial charge in [-0.2, -0.15) is 0 Å². The number of carbonyl (C=O) groups excluding carboxylic acids is 3. The van der Waals surface area contributed by atoms with Crippen LogP contribution in [0.2, 0.25) is 0 Å². The summed E-state index contributed by atoms with van der Waals surface area (Å²) in [5, 5.41) is 13.0. The lowest BCUT2D eigenvalue weighted by Crippen LogP contribution is -2.68. The molecule has 1 saturated heterocycles. The zero-order chi connectivity index (χ0) is 21.4. The molecule has 0 aromatic carbocycles. The molecule has 3 amide bonds. The first-order valence-corrected chi connectivity index (χ1v) is 12.0. The smallest absolute Gasteiger partial charge is 0.276 e. The van der Waals surface area contributed by atoms with Gasteiger partial charge in [-0.05, 0) is 12.2 Å². The van der Waals surface area contributed by atoms with Gasteiger partial charge in [-0.15, -0.1) is 34.7 Å². The second-order valence-corrected chi connectivity index (χ2v) is 10.0. The molecular formula is C15H18ClN5O4S4. The van der Waals surface area contributed by atoms with Gasteiger partial charge in [0.2, 0.25) is 11.8 Å². The molecule has 14 heteroatoms. The first-order valence-electron chi connectivity index (χ1n) is 8.27. The molecule has 2 rings (SSSR count). The summed E-state index contributed by atoms with van der Waals surface area (Å²) in [5.41, 5.74) is 0.0682. The highest BCUT2D eigenvalue weighted by Gasteiger charge is 2.42. The van der Waals surface area contributed by atoms with E-state index < -0.39 is 17.9 Å². The largest absolute Gasteiger partial charge is 0.398 e. The number of hydrogen-bond acceptors (Lipinski definition) is 10. The van der Waals surface area contributed by atoms with E-state index in [1.54, 1.807) is 0 Å². The standard InChI is InChI=1S/C15H18ClN5O4S4/c1-3-4-27-15(26)29-13-10(12(24)20-13)19-11(23)9(21-25-2)7-6-28-14(17-7)18-8(22)5-16/h6,10,13H,3-5H2,1-2H3,(H,19,23)(H,20,24)(H,17,18,22)/b21-9-/t10-,13+/m1/s1. The zero-order valence-electron chi connectivity index (χ0n) is 15.4. The van der Waals surface area contributed by atoms with E-state index in [4.69, 9.17) is 28.7 Å². The molecule has 2 atom stereocenters. The minimum atomic E-state index is -0.760. The lowest BCUT2D eigenvalue weighted by molar-refractivity contribution is -0.132. The highest BCUT2D eigenvalue weighted by atomic mass is 35.5. The van der Waals surface area contributed by atoms with E-state index in [1.165, 1.54) is 36.0 Å². The number of nitrogens with one attached hydrogen (secondary N) is 3.